The van der Waals surface area contributed by atoms with Gasteiger partial charge in [0.1, 0.15) is 22.7 Å². The van der Waals surface area contributed by atoms with Crippen LogP contribution >= 0.6 is 11.3 Å². The maximum atomic E-state index is 13.8. The number of aliphatic carboxylic acids is 1. The lowest BCUT2D eigenvalue weighted by molar-refractivity contribution is -0.147. The number of aromatic nitrogens is 3. The molecule has 0 bridgehead atoms. The standard InChI is InChI=1S/C38H50N6O7S/c1-8-43-31-14-13-23(17-26(31)27(19-38(5,6)22-45)32(43)25-11-9-15-39-30(25)20-50-7)33-40-24(21-52-33)18-29(41-36(49)51-37(2,3)4)34(46)44-16-10-12-28(42-44)35(47)48/h9,11,13-15,17,21,28-29,42,45H,8,10,12,16,18-20,22H2,1-7H3,(H,41,49)(H,47,48)/t28-,29-/m0/s1. The van der Waals surface area contributed by atoms with Crippen LogP contribution in [0.3, 0.4) is 0 Å². The first-order valence-electron chi connectivity index (χ1n) is 17.6. The highest BCUT2D eigenvalue weighted by molar-refractivity contribution is 7.13. The molecule has 1 aliphatic heterocycles. The number of methoxy groups -OCH3 is 1. The van der Waals surface area contributed by atoms with Gasteiger partial charge in [0.15, 0.2) is 0 Å². The first-order valence-corrected chi connectivity index (χ1v) is 18.5. The Labute approximate surface area is 308 Å². The zero-order valence-electron chi connectivity index (χ0n) is 31.0. The Hall–Kier alpha value is -4.37. The molecule has 13 nitrogen and oxygen atoms in total. The predicted octanol–water partition coefficient (Wildman–Crippen LogP) is 5.57. The van der Waals surface area contributed by atoms with E-state index in [1.807, 2.05) is 31.4 Å². The summed E-state index contributed by atoms with van der Waals surface area (Å²) in [7, 11) is 1.66. The summed E-state index contributed by atoms with van der Waals surface area (Å²) in [4.78, 5) is 47.9. The van der Waals surface area contributed by atoms with Crippen LogP contribution in [-0.2, 0) is 45.1 Å². The number of carboxylic acid groups (broad SMARTS) is 1. The molecule has 14 heteroatoms. The largest absolute Gasteiger partial charge is 0.480 e. The number of fused-ring (bicyclic) bond motifs is 1. The van der Waals surface area contributed by atoms with Gasteiger partial charge in [-0.3, -0.25) is 19.6 Å². The van der Waals surface area contributed by atoms with E-state index in [2.05, 4.69) is 45.4 Å². The monoisotopic (exact) mass is 734 g/mol. The van der Waals surface area contributed by atoms with Crippen LogP contribution in [0.15, 0.2) is 41.9 Å². The molecule has 4 heterocycles. The van der Waals surface area contributed by atoms with E-state index < -0.39 is 41.1 Å². The van der Waals surface area contributed by atoms with Crippen molar-refractivity contribution in [1.29, 1.82) is 0 Å². The number of aliphatic hydroxyl groups is 1. The highest BCUT2D eigenvalue weighted by atomic mass is 32.1. The van der Waals surface area contributed by atoms with Crippen LogP contribution in [0.5, 0.6) is 0 Å². The number of hydrazine groups is 1. The smallest absolute Gasteiger partial charge is 0.408 e. The molecule has 5 rings (SSSR count). The predicted molar refractivity (Wildman–Crippen MR) is 200 cm³/mol. The lowest BCUT2D eigenvalue weighted by atomic mass is 9.84. The quantitative estimate of drug-likeness (QED) is 0.136. The van der Waals surface area contributed by atoms with E-state index in [1.54, 1.807) is 34.1 Å². The van der Waals surface area contributed by atoms with E-state index in [0.717, 1.165) is 44.0 Å². The maximum absolute atomic E-state index is 13.8. The van der Waals surface area contributed by atoms with Crippen molar-refractivity contribution >= 4 is 40.2 Å². The van der Waals surface area contributed by atoms with Gasteiger partial charge in [-0.1, -0.05) is 13.8 Å². The molecule has 2 atom stereocenters. The molecule has 0 aliphatic carbocycles. The van der Waals surface area contributed by atoms with Gasteiger partial charge >= 0.3 is 12.1 Å². The topological polar surface area (TPSA) is 168 Å². The molecule has 4 N–H and O–H groups in total. The molecule has 0 saturated carbocycles. The molecular formula is C38H50N6O7S. The minimum Gasteiger partial charge on any atom is -0.480 e. The van der Waals surface area contributed by atoms with Crippen LogP contribution < -0.4 is 10.7 Å². The summed E-state index contributed by atoms with van der Waals surface area (Å²) < 4.78 is 13.3. The van der Waals surface area contributed by atoms with Gasteiger partial charge in [-0.25, -0.2) is 15.2 Å². The Balaban J connectivity index is 1.52. The summed E-state index contributed by atoms with van der Waals surface area (Å²) in [6.07, 6.45) is 2.60. The van der Waals surface area contributed by atoms with Crippen molar-refractivity contribution in [3.63, 3.8) is 0 Å². The number of alkyl carbamates (subject to hydrolysis) is 1. The van der Waals surface area contributed by atoms with Crippen LogP contribution in [0.2, 0.25) is 0 Å². The Bertz CT molecular complexity index is 1910. The van der Waals surface area contributed by atoms with Gasteiger partial charge in [-0.15, -0.1) is 11.3 Å². The van der Waals surface area contributed by atoms with E-state index >= 15 is 0 Å². The Kier molecular flexibility index (Phi) is 12.0. The highest BCUT2D eigenvalue weighted by Gasteiger charge is 2.34. The molecular weight excluding hydrogens is 685 g/mol. The van der Waals surface area contributed by atoms with E-state index in [9.17, 15) is 24.6 Å². The first kappa shape index (κ1) is 38.9. The third-order valence-corrected chi connectivity index (χ3v) is 9.89. The third kappa shape index (κ3) is 8.98. The van der Waals surface area contributed by atoms with Gasteiger partial charge in [-0.05, 0) is 88.3 Å². The molecule has 3 aromatic heterocycles. The molecule has 1 fully saturated rings. The fraction of sp³-hybridized carbons (Fsp3) is 0.500. The lowest BCUT2D eigenvalue weighted by Gasteiger charge is -2.34. The number of thiazole rings is 1. The number of carbonyl (C=O) groups excluding carboxylic acids is 2. The SMILES string of the molecule is CCn1c(-c2cccnc2COC)c(CC(C)(C)CO)c2cc(-c3nc(C[C@H](NC(=O)OC(C)(C)C)C(=O)N4CCC[C@@H](C(=O)O)N4)cs3)ccc21. The molecule has 52 heavy (non-hydrogen) atoms. The Morgan fingerprint density at radius 1 is 1.17 bits per heavy atom. The van der Waals surface area contributed by atoms with Crippen molar-refractivity contribution in [1.82, 2.24) is 30.3 Å². The summed E-state index contributed by atoms with van der Waals surface area (Å²) >= 11 is 1.43. The maximum Gasteiger partial charge on any atom is 0.408 e. The van der Waals surface area contributed by atoms with Gasteiger partial charge in [-0.2, -0.15) is 0 Å². The second-order valence-electron chi connectivity index (χ2n) is 14.9. The minimum atomic E-state index is -1.05. The molecule has 0 unspecified atom stereocenters. The summed E-state index contributed by atoms with van der Waals surface area (Å²) in [5.41, 5.74) is 8.10. The second kappa shape index (κ2) is 16.1. The number of carboxylic acids is 1. The van der Waals surface area contributed by atoms with Crippen LogP contribution in [-0.4, -0.2) is 85.7 Å². The average molecular weight is 735 g/mol. The summed E-state index contributed by atoms with van der Waals surface area (Å²) in [6.45, 7) is 12.8. The van der Waals surface area contributed by atoms with Crippen LogP contribution in [0.4, 0.5) is 4.79 Å². The number of hydrogen-bond donors (Lipinski definition) is 4. The number of aryl methyl sites for hydroxylation is 1. The molecule has 1 aromatic carbocycles. The van der Waals surface area contributed by atoms with Crippen LogP contribution in [0.25, 0.3) is 32.7 Å². The molecule has 4 aromatic rings. The number of hydrogen-bond acceptors (Lipinski definition) is 10. The van der Waals surface area contributed by atoms with Crippen LogP contribution in [0.1, 0.15) is 71.3 Å². The summed E-state index contributed by atoms with van der Waals surface area (Å²) in [6, 6.07) is 8.30. The van der Waals surface area contributed by atoms with E-state index in [0.29, 0.717) is 44.7 Å². The summed E-state index contributed by atoms with van der Waals surface area (Å²) in [5.74, 6) is -1.52. The van der Waals surface area contributed by atoms with E-state index in [-0.39, 0.29) is 13.0 Å². The average Bonchev–Trinajstić information content (AvgIpc) is 3.69. The third-order valence-electron chi connectivity index (χ3n) is 8.95. The zero-order chi connectivity index (χ0) is 37.8. The van der Waals surface area contributed by atoms with Crippen molar-refractivity contribution in [3.05, 3.63) is 58.9 Å². The molecule has 0 radical (unpaired) electrons. The number of ether oxygens (including phenoxy) is 2. The van der Waals surface area contributed by atoms with Crippen LogP contribution in [0, 0.1) is 5.41 Å². The number of amides is 2. The zero-order valence-corrected chi connectivity index (χ0v) is 31.8. The Morgan fingerprint density at radius 3 is 2.62 bits per heavy atom. The number of rotatable bonds is 13. The van der Waals surface area contributed by atoms with Crippen molar-refractivity contribution in [2.75, 3.05) is 20.3 Å². The minimum absolute atomic E-state index is 0.0138. The lowest BCUT2D eigenvalue weighted by Crippen LogP contribution is -2.60. The fourth-order valence-corrected chi connectivity index (χ4v) is 7.35. The number of nitrogens with zero attached hydrogens (tertiary/aromatic N) is 4. The number of benzene rings is 1. The second-order valence-corrected chi connectivity index (χ2v) is 15.8. The highest BCUT2D eigenvalue weighted by Crippen LogP contribution is 2.41. The number of pyridine rings is 1. The number of nitrogens with one attached hydrogen (secondary N) is 2. The molecule has 280 valence electrons. The summed E-state index contributed by atoms with van der Waals surface area (Å²) in [5, 5.41) is 27.5. The van der Waals surface area contributed by atoms with Gasteiger partial charge in [0, 0.05) is 66.8 Å². The van der Waals surface area contributed by atoms with Crippen molar-refractivity contribution in [2.45, 2.75) is 98.1 Å². The molecule has 1 saturated heterocycles. The van der Waals surface area contributed by atoms with Gasteiger partial charge < -0.3 is 29.6 Å². The van der Waals surface area contributed by atoms with E-state index in [1.165, 1.54) is 16.3 Å². The van der Waals surface area contributed by atoms with Gasteiger partial charge in [0.05, 0.1) is 23.7 Å². The van der Waals surface area contributed by atoms with Gasteiger partial charge in [0.25, 0.3) is 5.91 Å². The Morgan fingerprint density at radius 2 is 1.94 bits per heavy atom. The normalized spacial score (nSPS) is 15.8. The van der Waals surface area contributed by atoms with Crippen molar-refractivity contribution in [2.24, 2.45) is 5.41 Å². The van der Waals surface area contributed by atoms with Crippen molar-refractivity contribution < 1.29 is 34.1 Å². The molecule has 0 spiro atoms. The van der Waals surface area contributed by atoms with E-state index in [4.69, 9.17) is 14.5 Å². The fourth-order valence-electron chi connectivity index (χ4n) is 6.52. The van der Waals surface area contributed by atoms with Gasteiger partial charge in [0.2, 0.25) is 0 Å². The molecule has 2 amide bonds. The number of aliphatic hydroxyl groups excluding tert-OH is 1. The molecule has 1 aliphatic rings. The van der Waals surface area contributed by atoms with Crippen molar-refractivity contribution in [3.8, 4) is 21.8 Å². The first-order chi connectivity index (χ1) is 24.6. The number of carbonyl (C=O) groups is 3.